The topological polar surface area (TPSA) is 21.7 Å². The largest absolute Gasteiger partial charge is 0.491 e. The highest BCUT2D eigenvalue weighted by molar-refractivity contribution is 5.85. The fraction of sp³-hybridized carbons (Fsp3) is 0.556. The maximum atomic E-state index is 6.23. The van der Waals surface area contributed by atoms with Crippen LogP contribution in [0, 0.1) is 0 Å². The Morgan fingerprint density at radius 2 is 1.39 bits per heavy atom. The van der Waals surface area contributed by atoms with Crippen LogP contribution in [-0.2, 0) is 10.3 Å². The van der Waals surface area contributed by atoms with E-state index in [1.165, 1.54) is 44.1 Å². The van der Waals surface area contributed by atoms with Crippen molar-refractivity contribution in [1.29, 1.82) is 0 Å². The van der Waals surface area contributed by atoms with Gasteiger partial charge in [-0.1, -0.05) is 87.6 Å². The maximum Gasteiger partial charge on any atom is 0.119 e. The molecule has 174 valence electrons. The van der Waals surface area contributed by atoms with Gasteiger partial charge in [0.05, 0.1) is 6.61 Å². The molecule has 0 heterocycles. The van der Waals surface area contributed by atoms with Crippen LogP contribution in [0.3, 0.4) is 0 Å². The van der Waals surface area contributed by atoms with Crippen molar-refractivity contribution in [2.75, 3.05) is 19.8 Å². The molecule has 4 heteroatoms. The van der Waals surface area contributed by atoms with E-state index in [1.54, 1.807) is 0 Å². The summed E-state index contributed by atoms with van der Waals surface area (Å²) >= 11 is 0. The summed E-state index contributed by atoms with van der Waals surface area (Å²) in [7, 11) is 0. The van der Waals surface area contributed by atoms with E-state index in [2.05, 4.69) is 62.9 Å². The first-order valence-corrected chi connectivity index (χ1v) is 11.7. The summed E-state index contributed by atoms with van der Waals surface area (Å²) in [6.45, 7) is 11.2. The molecule has 0 bridgehead atoms. The molecular weight excluding hydrogens is 406 g/mol. The fourth-order valence-corrected chi connectivity index (χ4v) is 3.98. The Bertz CT molecular complexity index is 678. The third-order valence-corrected chi connectivity index (χ3v) is 5.84. The standard InChI is InChI=1S/C27H41NO2.ClH/c1-5-6-7-8-9-16-21-28(27(3,4)25-17-12-10-13-18-25)24(2)29-22-23-30-26-19-14-11-15-20-26;/h10-15,17-20,24H,5-9,16,21-23H2,1-4H3;1H. The fourth-order valence-electron chi connectivity index (χ4n) is 3.98. The summed E-state index contributed by atoms with van der Waals surface area (Å²) in [6.07, 6.45) is 7.83. The van der Waals surface area contributed by atoms with Gasteiger partial charge in [-0.25, -0.2) is 0 Å². The molecule has 0 aliphatic heterocycles. The van der Waals surface area contributed by atoms with E-state index >= 15 is 0 Å². The maximum absolute atomic E-state index is 6.23. The van der Waals surface area contributed by atoms with Crippen LogP contribution >= 0.6 is 12.4 Å². The van der Waals surface area contributed by atoms with Crippen LogP contribution in [-0.4, -0.2) is 30.9 Å². The van der Waals surface area contributed by atoms with Gasteiger partial charge in [-0.2, -0.15) is 0 Å². The van der Waals surface area contributed by atoms with Gasteiger partial charge in [-0.05, 0) is 44.9 Å². The van der Waals surface area contributed by atoms with Crippen molar-refractivity contribution in [3.05, 3.63) is 66.2 Å². The zero-order valence-electron chi connectivity index (χ0n) is 19.9. The van der Waals surface area contributed by atoms with Crippen molar-refractivity contribution in [3.63, 3.8) is 0 Å². The molecule has 2 rings (SSSR count). The molecule has 3 nitrogen and oxygen atoms in total. The van der Waals surface area contributed by atoms with Gasteiger partial charge >= 0.3 is 0 Å². The van der Waals surface area contributed by atoms with Crippen molar-refractivity contribution in [1.82, 2.24) is 4.90 Å². The van der Waals surface area contributed by atoms with Crippen molar-refractivity contribution >= 4 is 12.4 Å². The molecule has 0 fully saturated rings. The summed E-state index contributed by atoms with van der Waals surface area (Å²) in [6, 6.07) is 20.7. The van der Waals surface area contributed by atoms with Crippen LogP contribution in [0.5, 0.6) is 5.75 Å². The minimum absolute atomic E-state index is 0. The Hall–Kier alpha value is -1.55. The molecule has 1 atom stereocenters. The van der Waals surface area contributed by atoms with E-state index in [0.717, 1.165) is 12.3 Å². The molecule has 31 heavy (non-hydrogen) atoms. The van der Waals surface area contributed by atoms with Crippen molar-refractivity contribution < 1.29 is 9.47 Å². The third-order valence-electron chi connectivity index (χ3n) is 5.84. The monoisotopic (exact) mass is 447 g/mol. The molecule has 0 saturated carbocycles. The predicted molar refractivity (Wildman–Crippen MR) is 134 cm³/mol. The molecule has 2 aromatic carbocycles. The van der Waals surface area contributed by atoms with Gasteiger partial charge in [0, 0.05) is 12.1 Å². The quantitative estimate of drug-likeness (QED) is 0.209. The van der Waals surface area contributed by atoms with Gasteiger partial charge in [0.15, 0.2) is 0 Å². The van der Waals surface area contributed by atoms with Crippen molar-refractivity contribution in [3.8, 4) is 5.75 Å². The van der Waals surface area contributed by atoms with Gasteiger partial charge in [0.1, 0.15) is 18.6 Å². The lowest BCUT2D eigenvalue weighted by Gasteiger charge is -2.43. The van der Waals surface area contributed by atoms with E-state index in [4.69, 9.17) is 9.47 Å². The van der Waals surface area contributed by atoms with Gasteiger partial charge < -0.3 is 9.47 Å². The molecule has 0 amide bonds. The first-order valence-electron chi connectivity index (χ1n) is 11.7. The average molecular weight is 448 g/mol. The van der Waals surface area contributed by atoms with Crippen LogP contribution in [0.15, 0.2) is 60.7 Å². The number of unbranched alkanes of at least 4 members (excludes halogenated alkanes) is 5. The predicted octanol–water partition coefficient (Wildman–Crippen LogP) is 7.45. The molecule has 0 aromatic heterocycles. The second-order valence-electron chi connectivity index (χ2n) is 8.52. The Labute approximate surface area is 196 Å². The van der Waals surface area contributed by atoms with Gasteiger partial charge in [0.2, 0.25) is 0 Å². The minimum Gasteiger partial charge on any atom is -0.491 e. The SMILES string of the molecule is CCCCCCCCN(C(C)OCCOc1ccccc1)C(C)(C)c1ccccc1.Cl. The number of halogens is 1. The highest BCUT2D eigenvalue weighted by Crippen LogP contribution is 2.30. The van der Waals surface area contributed by atoms with Crippen LogP contribution in [0.2, 0.25) is 0 Å². The summed E-state index contributed by atoms with van der Waals surface area (Å²) < 4.78 is 12.0. The molecular formula is C27H42ClNO2. The molecule has 0 aliphatic carbocycles. The Balaban J connectivity index is 0.00000480. The zero-order valence-corrected chi connectivity index (χ0v) is 20.7. The zero-order chi connectivity index (χ0) is 21.7. The molecule has 1 unspecified atom stereocenters. The first-order chi connectivity index (χ1) is 14.6. The number of ether oxygens (including phenoxy) is 2. The lowest BCUT2D eigenvalue weighted by Crippen LogP contribution is -2.48. The van der Waals surface area contributed by atoms with Crippen LogP contribution in [0.1, 0.15) is 71.8 Å². The van der Waals surface area contributed by atoms with Crippen molar-refractivity contribution in [2.45, 2.75) is 78.0 Å². The van der Waals surface area contributed by atoms with Gasteiger partial charge in [-0.15, -0.1) is 12.4 Å². The molecule has 2 aromatic rings. The number of nitrogens with zero attached hydrogens (tertiary/aromatic N) is 1. The normalized spacial score (nSPS) is 12.4. The minimum atomic E-state index is -0.0929. The Morgan fingerprint density at radius 1 is 0.806 bits per heavy atom. The second-order valence-corrected chi connectivity index (χ2v) is 8.52. The van der Waals surface area contributed by atoms with Gasteiger partial charge in [-0.3, -0.25) is 4.90 Å². The van der Waals surface area contributed by atoms with E-state index in [9.17, 15) is 0 Å². The lowest BCUT2D eigenvalue weighted by atomic mass is 9.91. The van der Waals surface area contributed by atoms with E-state index in [-0.39, 0.29) is 24.2 Å². The summed E-state index contributed by atoms with van der Waals surface area (Å²) in [5, 5.41) is 0. The number of rotatable bonds is 15. The highest BCUT2D eigenvalue weighted by Gasteiger charge is 2.32. The smallest absolute Gasteiger partial charge is 0.119 e. The third kappa shape index (κ3) is 9.64. The Morgan fingerprint density at radius 3 is 2.03 bits per heavy atom. The number of hydrogen-bond donors (Lipinski definition) is 0. The molecule has 0 saturated heterocycles. The van der Waals surface area contributed by atoms with E-state index < -0.39 is 0 Å². The van der Waals surface area contributed by atoms with Crippen LogP contribution in [0.4, 0.5) is 0 Å². The molecule has 0 spiro atoms. The molecule has 0 N–H and O–H groups in total. The van der Waals surface area contributed by atoms with Crippen LogP contribution < -0.4 is 4.74 Å². The highest BCUT2D eigenvalue weighted by atomic mass is 35.5. The van der Waals surface area contributed by atoms with Gasteiger partial charge in [0.25, 0.3) is 0 Å². The van der Waals surface area contributed by atoms with Crippen molar-refractivity contribution in [2.24, 2.45) is 0 Å². The first kappa shape index (κ1) is 27.5. The van der Waals surface area contributed by atoms with E-state index in [0.29, 0.717) is 13.2 Å². The second kappa shape index (κ2) is 15.3. The average Bonchev–Trinajstić information content (AvgIpc) is 2.77. The summed E-state index contributed by atoms with van der Waals surface area (Å²) in [4.78, 5) is 2.50. The molecule has 0 aliphatic rings. The van der Waals surface area contributed by atoms with E-state index in [1.807, 2.05) is 30.3 Å². The number of benzene rings is 2. The van der Waals surface area contributed by atoms with Crippen LogP contribution in [0.25, 0.3) is 0 Å². The number of hydrogen-bond acceptors (Lipinski definition) is 3. The number of para-hydroxylation sites is 1. The molecule has 0 radical (unpaired) electrons. The summed E-state index contributed by atoms with van der Waals surface area (Å²) in [5.74, 6) is 0.891. The Kier molecular flexibility index (Phi) is 13.6. The summed E-state index contributed by atoms with van der Waals surface area (Å²) in [5.41, 5.74) is 1.23. The lowest BCUT2D eigenvalue weighted by molar-refractivity contribution is -0.0991.